The molecule has 2 rings (SSSR count). The summed E-state index contributed by atoms with van der Waals surface area (Å²) in [6, 6.07) is 6.62. The summed E-state index contributed by atoms with van der Waals surface area (Å²) in [6.07, 6.45) is 6.56. The summed E-state index contributed by atoms with van der Waals surface area (Å²) in [4.78, 5) is 0. The number of allylic oxidation sites excluding steroid dienone is 1. The maximum atomic E-state index is 5.55. The first-order chi connectivity index (χ1) is 5.90. The summed E-state index contributed by atoms with van der Waals surface area (Å²) in [6.45, 7) is 0. The van der Waals surface area contributed by atoms with Gasteiger partial charge in [-0.15, -0.1) is 11.6 Å². The second-order valence-corrected chi connectivity index (χ2v) is 3.39. The molecule has 0 aliphatic heterocycles. The maximum absolute atomic E-state index is 5.55. The number of alkyl halides is 1. The molecule has 0 heterocycles. The molecular weight excluding hydrogens is 168 g/mol. The summed E-state index contributed by atoms with van der Waals surface area (Å²) < 4.78 is 0. The lowest BCUT2D eigenvalue weighted by Gasteiger charge is -2.18. The fourth-order valence-electron chi connectivity index (χ4n) is 1.50. The van der Waals surface area contributed by atoms with Crippen LogP contribution in [-0.4, -0.2) is 5.88 Å². The van der Waals surface area contributed by atoms with E-state index in [2.05, 4.69) is 24.3 Å². The topological polar surface area (TPSA) is 0 Å². The third-order valence-electron chi connectivity index (χ3n) is 2.29. The van der Waals surface area contributed by atoms with E-state index in [1.165, 1.54) is 29.5 Å². The number of fused-ring (bicyclic) bond motifs is 1. The van der Waals surface area contributed by atoms with Crippen molar-refractivity contribution in [3.05, 3.63) is 41.0 Å². The van der Waals surface area contributed by atoms with Crippen LogP contribution in [0.2, 0.25) is 0 Å². The summed E-state index contributed by atoms with van der Waals surface area (Å²) in [5.74, 6) is 0.594. The molecule has 0 atom stereocenters. The molecule has 1 aliphatic rings. The number of rotatable bonds is 2. The van der Waals surface area contributed by atoms with Crippen LogP contribution in [-0.2, 0) is 12.8 Å². The minimum absolute atomic E-state index is 0.594. The Balaban J connectivity index is 2.23. The second-order valence-electron chi connectivity index (χ2n) is 3.08. The number of benzene rings is 1. The molecule has 0 saturated heterocycles. The van der Waals surface area contributed by atoms with E-state index in [4.69, 9.17) is 11.6 Å². The highest BCUT2D eigenvalue weighted by Crippen LogP contribution is 2.23. The second kappa shape index (κ2) is 3.32. The van der Waals surface area contributed by atoms with Crippen LogP contribution in [0.3, 0.4) is 0 Å². The fraction of sp³-hybridized carbons (Fsp3) is 0.273. The van der Waals surface area contributed by atoms with E-state index in [-0.39, 0.29) is 0 Å². The number of hydrogen-bond acceptors (Lipinski definition) is 0. The van der Waals surface area contributed by atoms with Gasteiger partial charge in [-0.2, -0.15) is 0 Å². The molecule has 0 spiro atoms. The smallest absolute Gasteiger partial charge is 0.0407 e. The first kappa shape index (κ1) is 7.88. The predicted octanol–water partition coefficient (Wildman–Crippen LogP) is 3.04. The van der Waals surface area contributed by atoms with Gasteiger partial charge in [0.05, 0.1) is 0 Å². The lowest BCUT2D eigenvalue weighted by molar-refractivity contribution is 0.839. The van der Waals surface area contributed by atoms with Crippen LogP contribution in [0.1, 0.15) is 16.7 Å². The van der Waals surface area contributed by atoms with Crippen LogP contribution in [0.4, 0.5) is 0 Å². The van der Waals surface area contributed by atoms with Gasteiger partial charge in [-0.3, -0.25) is 0 Å². The lowest BCUT2D eigenvalue weighted by atomic mass is 9.87. The molecule has 62 valence electrons. The zero-order valence-corrected chi connectivity index (χ0v) is 7.64. The van der Waals surface area contributed by atoms with Crippen molar-refractivity contribution in [2.45, 2.75) is 12.8 Å². The van der Waals surface area contributed by atoms with E-state index in [0.717, 1.165) is 0 Å². The van der Waals surface area contributed by atoms with E-state index in [1.807, 2.05) is 6.08 Å². The molecule has 0 N–H and O–H groups in total. The first-order valence-corrected chi connectivity index (χ1v) is 4.78. The van der Waals surface area contributed by atoms with E-state index in [9.17, 15) is 0 Å². The van der Waals surface area contributed by atoms with Crippen LogP contribution in [0, 0.1) is 0 Å². The lowest BCUT2D eigenvalue weighted by Crippen LogP contribution is -2.07. The zero-order chi connectivity index (χ0) is 8.39. The van der Waals surface area contributed by atoms with Crippen molar-refractivity contribution in [1.29, 1.82) is 0 Å². The van der Waals surface area contributed by atoms with Crippen LogP contribution >= 0.6 is 11.6 Å². The van der Waals surface area contributed by atoms with Crippen LogP contribution < -0.4 is 0 Å². The summed E-state index contributed by atoms with van der Waals surface area (Å²) in [5.41, 5.74) is 4.29. The quantitative estimate of drug-likeness (QED) is 0.611. The summed E-state index contributed by atoms with van der Waals surface area (Å²) in [7, 11) is 0. The molecule has 1 heteroatoms. The molecule has 0 bridgehead atoms. The number of halogens is 1. The molecule has 0 saturated carbocycles. The van der Waals surface area contributed by atoms with Crippen molar-refractivity contribution < 1.29 is 0 Å². The van der Waals surface area contributed by atoms with E-state index >= 15 is 0 Å². The molecule has 0 fully saturated rings. The van der Waals surface area contributed by atoms with E-state index in [1.54, 1.807) is 0 Å². The van der Waals surface area contributed by atoms with Crippen molar-refractivity contribution in [2.24, 2.45) is 0 Å². The Bertz CT molecular complexity index is 313. The maximum Gasteiger partial charge on any atom is 0.0407 e. The monoisotopic (exact) mass is 178 g/mol. The van der Waals surface area contributed by atoms with E-state index in [0.29, 0.717) is 5.88 Å². The summed E-state index contributed by atoms with van der Waals surface area (Å²) in [5, 5.41) is 0. The Kier molecular flexibility index (Phi) is 2.18. The third-order valence-corrected chi connectivity index (χ3v) is 2.47. The molecule has 1 aromatic carbocycles. The van der Waals surface area contributed by atoms with Crippen LogP contribution in [0.25, 0.3) is 6.08 Å². The number of aryl methyl sites for hydroxylation is 2. The van der Waals surface area contributed by atoms with Gasteiger partial charge in [0.15, 0.2) is 0 Å². The van der Waals surface area contributed by atoms with Gasteiger partial charge in [-0.05, 0) is 29.5 Å². The average molecular weight is 179 g/mol. The molecule has 1 aliphatic carbocycles. The minimum atomic E-state index is 0.594. The van der Waals surface area contributed by atoms with Crippen molar-refractivity contribution in [2.75, 3.05) is 5.88 Å². The van der Waals surface area contributed by atoms with Gasteiger partial charge in [0, 0.05) is 5.88 Å². The Morgan fingerprint density at radius 1 is 1.25 bits per heavy atom. The SMILES string of the molecule is ClCC=Cc1ccc2c(c1)CC2. The highest BCUT2D eigenvalue weighted by molar-refractivity contribution is 6.19. The third kappa shape index (κ3) is 1.39. The molecule has 12 heavy (non-hydrogen) atoms. The predicted molar refractivity (Wildman–Crippen MR) is 53.6 cm³/mol. The van der Waals surface area contributed by atoms with Gasteiger partial charge in [-0.25, -0.2) is 0 Å². The van der Waals surface area contributed by atoms with Crippen LogP contribution in [0.15, 0.2) is 24.3 Å². The molecular formula is C11H11Cl. The average Bonchev–Trinajstić information content (AvgIpc) is 2.05. The molecule has 0 nitrogen and oxygen atoms in total. The normalized spacial score (nSPS) is 14.4. The molecule has 0 amide bonds. The Labute approximate surface area is 77.9 Å². The van der Waals surface area contributed by atoms with Gasteiger partial charge in [0.2, 0.25) is 0 Å². The van der Waals surface area contributed by atoms with Gasteiger partial charge in [0.1, 0.15) is 0 Å². The van der Waals surface area contributed by atoms with Crippen LogP contribution in [0.5, 0.6) is 0 Å². The first-order valence-electron chi connectivity index (χ1n) is 4.24. The van der Waals surface area contributed by atoms with Crippen molar-refractivity contribution in [3.63, 3.8) is 0 Å². The largest absolute Gasteiger partial charge is 0.122 e. The Hall–Kier alpha value is -0.750. The highest BCUT2D eigenvalue weighted by Gasteiger charge is 2.11. The number of hydrogen-bond donors (Lipinski definition) is 0. The van der Waals surface area contributed by atoms with Crippen molar-refractivity contribution in [3.8, 4) is 0 Å². The van der Waals surface area contributed by atoms with Crippen molar-refractivity contribution >= 4 is 17.7 Å². The minimum Gasteiger partial charge on any atom is -0.122 e. The highest BCUT2D eigenvalue weighted by atomic mass is 35.5. The standard InChI is InChI=1S/C11H11Cl/c12-7-1-2-9-3-4-10-5-6-11(10)8-9/h1-4,8H,5-7H2. The molecule has 0 unspecified atom stereocenters. The van der Waals surface area contributed by atoms with Gasteiger partial charge >= 0.3 is 0 Å². The molecule has 1 aromatic rings. The van der Waals surface area contributed by atoms with Crippen molar-refractivity contribution in [1.82, 2.24) is 0 Å². The fourth-order valence-corrected chi connectivity index (χ4v) is 1.59. The van der Waals surface area contributed by atoms with Gasteiger partial charge in [-0.1, -0.05) is 30.4 Å². The van der Waals surface area contributed by atoms with Gasteiger partial charge < -0.3 is 0 Å². The van der Waals surface area contributed by atoms with E-state index < -0.39 is 0 Å². The summed E-state index contributed by atoms with van der Waals surface area (Å²) >= 11 is 5.55. The Morgan fingerprint density at radius 2 is 2.08 bits per heavy atom. The Morgan fingerprint density at radius 3 is 2.67 bits per heavy atom. The van der Waals surface area contributed by atoms with Gasteiger partial charge in [0.25, 0.3) is 0 Å². The molecule has 0 radical (unpaired) electrons. The zero-order valence-electron chi connectivity index (χ0n) is 6.89. The molecule has 0 aromatic heterocycles.